The molecule has 1 saturated carbocycles. The molecule has 3 aliphatic rings. The highest BCUT2D eigenvalue weighted by molar-refractivity contribution is 5.81. The molecule has 2 aliphatic heterocycles. The minimum absolute atomic E-state index is 0.243. The average molecular weight is 346 g/mol. The maximum absolute atomic E-state index is 12.2. The zero-order valence-electron chi connectivity index (χ0n) is 14.9. The standard InChI is InChI=1S/C19H26N2O4/c1-12-10-21(19(22)14-3-4-14)6-5-15(12)20-9-13-7-16(23-2)18-17(8-13)24-11-25-18/h7-8,12,14-15,20H,3-6,9-11H2,1-2H3/t12-,15+/m1/s1. The van der Waals surface area contributed by atoms with Crippen LogP contribution in [-0.2, 0) is 11.3 Å². The van der Waals surface area contributed by atoms with Gasteiger partial charge in [0.05, 0.1) is 7.11 Å². The van der Waals surface area contributed by atoms with Crippen molar-refractivity contribution < 1.29 is 19.0 Å². The van der Waals surface area contributed by atoms with Gasteiger partial charge >= 0.3 is 0 Å². The van der Waals surface area contributed by atoms with E-state index in [0.717, 1.165) is 50.2 Å². The second kappa shape index (κ2) is 6.75. The number of piperidine rings is 1. The molecule has 25 heavy (non-hydrogen) atoms. The molecule has 0 radical (unpaired) electrons. The van der Waals surface area contributed by atoms with E-state index in [0.29, 0.717) is 35.3 Å². The molecule has 4 rings (SSSR count). The summed E-state index contributed by atoms with van der Waals surface area (Å²) in [6.07, 6.45) is 3.16. The maximum atomic E-state index is 12.2. The number of nitrogens with one attached hydrogen (secondary N) is 1. The van der Waals surface area contributed by atoms with Gasteiger partial charge in [-0.3, -0.25) is 4.79 Å². The van der Waals surface area contributed by atoms with Gasteiger partial charge in [0.15, 0.2) is 11.5 Å². The van der Waals surface area contributed by atoms with Crippen LogP contribution in [0.5, 0.6) is 17.2 Å². The number of carbonyl (C=O) groups is 1. The zero-order chi connectivity index (χ0) is 17.4. The summed E-state index contributed by atoms with van der Waals surface area (Å²) in [5.74, 6) is 3.28. The quantitative estimate of drug-likeness (QED) is 0.885. The molecule has 1 N–H and O–H groups in total. The van der Waals surface area contributed by atoms with Crippen molar-refractivity contribution in [3.05, 3.63) is 17.7 Å². The first-order valence-corrected chi connectivity index (χ1v) is 9.14. The van der Waals surface area contributed by atoms with Crippen LogP contribution in [0.4, 0.5) is 0 Å². The van der Waals surface area contributed by atoms with Crippen LogP contribution >= 0.6 is 0 Å². The molecule has 2 fully saturated rings. The van der Waals surface area contributed by atoms with E-state index in [9.17, 15) is 4.79 Å². The van der Waals surface area contributed by atoms with Crippen molar-refractivity contribution in [2.75, 3.05) is 27.0 Å². The van der Waals surface area contributed by atoms with Gasteiger partial charge in [-0.2, -0.15) is 0 Å². The van der Waals surface area contributed by atoms with Crippen molar-refractivity contribution in [3.8, 4) is 17.2 Å². The summed E-state index contributed by atoms with van der Waals surface area (Å²) in [6, 6.07) is 4.42. The number of ether oxygens (including phenoxy) is 3. The summed E-state index contributed by atoms with van der Waals surface area (Å²) < 4.78 is 16.3. The predicted octanol–water partition coefficient (Wildman–Crippen LogP) is 2.16. The smallest absolute Gasteiger partial charge is 0.231 e. The van der Waals surface area contributed by atoms with E-state index < -0.39 is 0 Å². The van der Waals surface area contributed by atoms with Crippen LogP contribution in [0.1, 0.15) is 31.7 Å². The molecule has 1 aromatic carbocycles. The SMILES string of the molecule is COc1cc(CN[C@H]2CCN(C(=O)C3CC3)C[C@H]2C)cc2c1OCO2. The molecule has 136 valence electrons. The van der Waals surface area contributed by atoms with Gasteiger partial charge in [0.25, 0.3) is 0 Å². The molecule has 6 heteroatoms. The van der Waals surface area contributed by atoms with Crippen LogP contribution in [0, 0.1) is 11.8 Å². The third-order valence-corrected chi connectivity index (χ3v) is 5.43. The van der Waals surface area contributed by atoms with Crippen molar-refractivity contribution in [3.63, 3.8) is 0 Å². The summed E-state index contributed by atoms with van der Waals surface area (Å²) in [4.78, 5) is 14.3. The Morgan fingerprint density at radius 1 is 1.32 bits per heavy atom. The van der Waals surface area contributed by atoms with Crippen molar-refractivity contribution in [1.29, 1.82) is 0 Å². The number of hydrogen-bond donors (Lipinski definition) is 1. The number of fused-ring (bicyclic) bond motifs is 1. The molecule has 2 atom stereocenters. The second-order valence-corrected chi connectivity index (χ2v) is 7.34. The summed E-state index contributed by atoms with van der Waals surface area (Å²) in [6.45, 7) is 4.94. The molecule has 0 unspecified atom stereocenters. The monoisotopic (exact) mass is 346 g/mol. The van der Waals surface area contributed by atoms with Crippen molar-refractivity contribution in [1.82, 2.24) is 10.2 Å². The van der Waals surface area contributed by atoms with E-state index in [2.05, 4.69) is 17.1 Å². The van der Waals surface area contributed by atoms with Gasteiger partial charge in [-0.25, -0.2) is 0 Å². The van der Waals surface area contributed by atoms with Gasteiger partial charge in [0, 0.05) is 31.6 Å². The van der Waals surface area contributed by atoms with Crippen LogP contribution in [0.3, 0.4) is 0 Å². The molecular formula is C19H26N2O4. The van der Waals surface area contributed by atoms with E-state index in [1.54, 1.807) is 7.11 Å². The number of carbonyl (C=O) groups excluding carboxylic acids is 1. The topological polar surface area (TPSA) is 60.0 Å². The van der Waals surface area contributed by atoms with Crippen LogP contribution < -0.4 is 19.5 Å². The Balaban J connectivity index is 1.35. The fourth-order valence-corrected chi connectivity index (χ4v) is 3.77. The van der Waals surface area contributed by atoms with E-state index in [1.165, 1.54) is 0 Å². The molecule has 0 bridgehead atoms. The fourth-order valence-electron chi connectivity index (χ4n) is 3.77. The largest absolute Gasteiger partial charge is 0.493 e. The highest BCUT2D eigenvalue weighted by Gasteiger charge is 2.36. The Morgan fingerprint density at radius 2 is 2.16 bits per heavy atom. The van der Waals surface area contributed by atoms with Gasteiger partial charge in [-0.1, -0.05) is 6.92 Å². The lowest BCUT2D eigenvalue weighted by Gasteiger charge is -2.37. The minimum atomic E-state index is 0.243. The molecule has 6 nitrogen and oxygen atoms in total. The first-order valence-electron chi connectivity index (χ1n) is 9.14. The predicted molar refractivity (Wildman–Crippen MR) is 92.8 cm³/mol. The van der Waals surface area contributed by atoms with Crippen molar-refractivity contribution in [2.45, 2.75) is 38.8 Å². The average Bonchev–Trinajstić information content (AvgIpc) is 3.36. The molecule has 0 aromatic heterocycles. The molecule has 1 amide bonds. The van der Waals surface area contributed by atoms with Crippen LogP contribution in [0.15, 0.2) is 12.1 Å². The fraction of sp³-hybridized carbons (Fsp3) is 0.632. The second-order valence-electron chi connectivity index (χ2n) is 7.34. The lowest BCUT2D eigenvalue weighted by molar-refractivity contribution is -0.134. The summed E-state index contributed by atoms with van der Waals surface area (Å²) >= 11 is 0. The number of nitrogens with zero attached hydrogens (tertiary/aromatic N) is 1. The first kappa shape index (κ1) is 16.5. The zero-order valence-corrected chi connectivity index (χ0v) is 14.9. The van der Waals surface area contributed by atoms with Crippen molar-refractivity contribution in [2.24, 2.45) is 11.8 Å². The van der Waals surface area contributed by atoms with E-state index in [-0.39, 0.29) is 6.79 Å². The summed E-state index contributed by atoms with van der Waals surface area (Å²) in [5, 5.41) is 3.64. The molecule has 1 aliphatic carbocycles. The van der Waals surface area contributed by atoms with Crippen LogP contribution in [-0.4, -0.2) is 43.8 Å². The number of benzene rings is 1. The molecule has 1 aromatic rings. The molecule has 0 spiro atoms. The number of likely N-dealkylation sites (tertiary alicyclic amines) is 1. The highest BCUT2D eigenvalue weighted by atomic mass is 16.7. The van der Waals surface area contributed by atoms with Gasteiger partial charge in [0.1, 0.15) is 0 Å². The normalized spacial score (nSPS) is 25.1. The minimum Gasteiger partial charge on any atom is -0.493 e. The Morgan fingerprint density at radius 3 is 2.88 bits per heavy atom. The number of hydrogen-bond acceptors (Lipinski definition) is 5. The Kier molecular flexibility index (Phi) is 4.46. The van der Waals surface area contributed by atoms with Gasteiger partial charge < -0.3 is 24.4 Å². The number of amides is 1. The van der Waals surface area contributed by atoms with Gasteiger partial charge in [-0.15, -0.1) is 0 Å². The third kappa shape index (κ3) is 3.40. The lowest BCUT2D eigenvalue weighted by Crippen LogP contribution is -2.50. The number of rotatable bonds is 5. The van der Waals surface area contributed by atoms with Crippen LogP contribution in [0.2, 0.25) is 0 Å². The number of methoxy groups -OCH3 is 1. The third-order valence-electron chi connectivity index (χ3n) is 5.43. The van der Waals surface area contributed by atoms with Crippen molar-refractivity contribution >= 4 is 5.91 Å². The Bertz CT molecular complexity index is 659. The van der Waals surface area contributed by atoms with Gasteiger partial charge in [-0.05, 0) is 42.9 Å². The maximum Gasteiger partial charge on any atom is 0.231 e. The summed E-state index contributed by atoms with van der Waals surface area (Å²) in [5.41, 5.74) is 1.12. The van der Waals surface area contributed by atoms with Gasteiger partial charge in [0.2, 0.25) is 18.4 Å². The molecular weight excluding hydrogens is 320 g/mol. The highest BCUT2D eigenvalue weighted by Crippen LogP contribution is 2.41. The first-order chi connectivity index (χ1) is 12.2. The van der Waals surface area contributed by atoms with E-state index in [1.807, 2.05) is 12.1 Å². The molecule has 2 heterocycles. The molecule has 1 saturated heterocycles. The Labute approximate surface area is 148 Å². The van der Waals surface area contributed by atoms with E-state index >= 15 is 0 Å². The Hall–Kier alpha value is -1.95. The lowest BCUT2D eigenvalue weighted by atomic mass is 9.93. The summed E-state index contributed by atoms with van der Waals surface area (Å²) in [7, 11) is 1.64. The van der Waals surface area contributed by atoms with Crippen LogP contribution in [0.25, 0.3) is 0 Å². The van der Waals surface area contributed by atoms with E-state index in [4.69, 9.17) is 14.2 Å².